The van der Waals surface area contributed by atoms with Crippen molar-refractivity contribution in [1.29, 1.82) is 0 Å². The highest BCUT2D eigenvalue weighted by molar-refractivity contribution is 7.50. The third kappa shape index (κ3) is 8.26. The molecule has 0 aliphatic rings. The van der Waals surface area contributed by atoms with E-state index < -0.39 is 8.30 Å². The van der Waals surface area contributed by atoms with Gasteiger partial charge in [-0.15, -0.1) is 0 Å². The summed E-state index contributed by atoms with van der Waals surface area (Å²) in [6.45, 7) is 5.73. The van der Waals surface area contributed by atoms with Crippen LogP contribution in [-0.2, 0) is 16.1 Å². The first-order valence-corrected chi connectivity index (χ1v) is 10.3. The predicted molar refractivity (Wildman–Crippen MR) is 107 cm³/mol. The monoisotopic (exact) mass is 376 g/mol. The normalized spacial score (nSPS) is 14.6. The number of benzene rings is 2. The molecule has 0 spiro atoms. The Morgan fingerprint density at radius 3 is 2.31 bits per heavy atom. The predicted octanol–water partition coefficient (Wildman–Crippen LogP) is 3.89. The van der Waals surface area contributed by atoms with Gasteiger partial charge in [-0.3, -0.25) is 5.09 Å². The molecule has 0 heterocycles. The fourth-order valence-corrected chi connectivity index (χ4v) is 3.68. The molecule has 2 aromatic carbocycles. The summed E-state index contributed by atoms with van der Waals surface area (Å²) in [5.74, 6) is 0.826. The van der Waals surface area contributed by atoms with Gasteiger partial charge in [0, 0.05) is 12.6 Å². The molecule has 142 valence electrons. The summed E-state index contributed by atoms with van der Waals surface area (Å²) >= 11 is 0. The van der Waals surface area contributed by atoms with Crippen molar-refractivity contribution in [3.63, 3.8) is 0 Å². The zero-order valence-electron chi connectivity index (χ0n) is 15.5. The molecule has 3 atom stereocenters. The van der Waals surface area contributed by atoms with Crippen LogP contribution < -0.4 is 15.3 Å². The molecule has 5 nitrogen and oxygen atoms in total. The van der Waals surface area contributed by atoms with E-state index in [1.807, 2.05) is 55.5 Å². The molecule has 3 N–H and O–H groups in total. The average Bonchev–Trinajstić information content (AvgIpc) is 2.67. The van der Waals surface area contributed by atoms with Gasteiger partial charge in [-0.25, -0.2) is 0 Å². The van der Waals surface area contributed by atoms with Crippen molar-refractivity contribution < 1.29 is 14.0 Å². The molecule has 2 rings (SSSR count). The largest absolute Gasteiger partial charge is 0.456 e. The van der Waals surface area contributed by atoms with Gasteiger partial charge in [-0.05, 0) is 31.5 Å². The second kappa shape index (κ2) is 12.0. The van der Waals surface area contributed by atoms with E-state index in [2.05, 4.69) is 24.1 Å². The zero-order chi connectivity index (χ0) is 18.6. The van der Waals surface area contributed by atoms with Crippen molar-refractivity contribution >= 4 is 8.30 Å². The number of ether oxygens (including phenoxy) is 2. The lowest BCUT2D eigenvalue weighted by molar-refractivity contribution is 0.0997. The van der Waals surface area contributed by atoms with E-state index >= 15 is 0 Å². The van der Waals surface area contributed by atoms with Gasteiger partial charge in [0.2, 0.25) is 0 Å². The molecule has 0 amide bonds. The van der Waals surface area contributed by atoms with Crippen LogP contribution >= 0.6 is 8.30 Å². The third-order valence-corrected chi connectivity index (χ3v) is 5.15. The summed E-state index contributed by atoms with van der Waals surface area (Å²) in [6.07, 6.45) is 0.483. The number of hydrogen-bond donors (Lipinski definition) is 2. The molecule has 6 heteroatoms. The molecule has 0 bridgehead atoms. The van der Waals surface area contributed by atoms with Gasteiger partial charge in [0.15, 0.2) is 8.30 Å². The lowest BCUT2D eigenvalue weighted by Gasteiger charge is -2.24. The average molecular weight is 376 g/mol. The van der Waals surface area contributed by atoms with Crippen LogP contribution in [0.15, 0.2) is 60.7 Å². The maximum atomic E-state index is 6.08. The summed E-state index contributed by atoms with van der Waals surface area (Å²) in [5, 5.41) is 3.48. The van der Waals surface area contributed by atoms with E-state index in [9.17, 15) is 0 Å². The van der Waals surface area contributed by atoms with Crippen LogP contribution in [0.3, 0.4) is 0 Å². The van der Waals surface area contributed by atoms with Gasteiger partial charge >= 0.3 is 0 Å². The molecule has 0 aliphatic heterocycles. The van der Waals surface area contributed by atoms with Crippen molar-refractivity contribution in [3.8, 4) is 5.75 Å². The number of nitrogens with one attached hydrogen (secondary N) is 1. The fourth-order valence-electron chi connectivity index (χ4n) is 2.17. The maximum Gasteiger partial charge on any atom is 0.188 e. The SMILES string of the molecule is CC(COCc1ccccc1)NP(CO[C@H](C)CN)Oc1ccccc1. The minimum Gasteiger partial charge on any atom is -0.456 e. The quantitative estimate of drug-likeness (QED) is 0.550. The first-order chi connectivity index (χ1) is 12.7. The van der Waals surface area contributed by atoms with Crippen LogP contribution in [0, 0.1) is 0 Å². The summed E-state index contributed by atoms with van der Waals surface area (Å²) in [7, 11) is -0.993. The van der Waals surface area contributed by atoms with Crippen LogP contribution in [0.4, 0.5) is 0 Å². The lowest BCUT2D eigenvalue weighted by Crippen LogP contribution is -2.30. The molecule has 26 heavy (non-hydrogen) atoms. The minimum atomic E-state index is -0.993. The number of rotatable bonds is 12. The van der Waals surface area contributed by atoms with Gasteiger partial charge in [-0.2, -0.15) is 0 Å². The zero-order valence-corrected chi connectivity index (χ0v) is 16.4. The topological polar surface area (TPSA) is 65.7 Å². The third-order valence-electron chi connectivity index (χ3n) is 3.61. The van der Waals surface area contributed by atoms with Gasteiger partial charge in [0.05, 0.1) is 19.3 Å². The molecule has 0 saturated carbocycles. The van der Waals surface area contributed by atoms with E-state index in [-0.39, 0.29) is 12.1 Å². The molecule has 0 saturated heterocycles. The number of nitrogens with two attached hydrogens (primary N) is 1. The summed E-state index contributed by atoms with van der Waals surface area (Å²) in [5.41, 5.74) is 6.80. The molecule has 2 aromatic rings. The smallest absolute Gasteiger partial charge is 0.188 e. The van der Waals surface area contributed by atoms with Crippen LogP contribution in [0.25, 0.3) is 0 Å². The Morgan fingerprint density at radius 1 is 1.00 bits per heavy atom. The van der Waals surface area contributed by atoms with Crippen molar-refractivity contribution in [3.05, 3.63) is 66.2 Å². The van der Waals surface area contributed by atoms with E-state index in [0.29, 0.717) is 26.1 Å². The fraction of sp³-hybridized carbons (Fsp3) is 0.400. The standard InChI is InChI=1S/C20H29N2O3P/c1-17(14-23-15-19-9-5-3-6-10-19)22-26(16-24-18(2)13-21)25-20-11-7-4-8-12-20/h3-12,17-18,22H,13-16,21H2,1-2H3/t17?,18-,26?/m1/s1. The summed E-state index contributed by atoms with van der Waals surface area (Å²) < 4.78 is 17.7. The lowest BCUT2D eigenvalue weighted by atomic mass is 10.2. The van der Waals surface area contributed by atoms with E-state index in [0.717, 1.165) is 5.75 Å². The van der Waals surface area contributed by atoms with Crippen molar-refractivity contribution in [2.75, 3.05) is 19.5 Å². The number of hydrogen-bond acceptors (Lipinski definition) is 5. The highest BCUT2D eigenvalue weighted by Gasteiger charge is 2.17. The summed E-state index contributed by atoms with van der Waals surface area (Å²) in [6, 6.07) is 20.1. The van der Waals surface area contributed by atoms with Gasteiger partial charge in [0.25, 0.3) is 0 Å². The Morgan fingerprint density at radius 2 is 1.65 bits per heavy atom. The Balaban J connectivity index is 1.81. The second-order valence-corrected chi connectivity index (χ2v) is 7.61. The first-order valence-electron chi connectivity index (χ1n) is 8.87. The van der Waals surface area contributed by atoms with Crippen LogP contribution in [0.5, 0.6) is 5.75 Å². The van der Waals surface area contributed by atoms with Crippen molar-refractivity contribution in [2.45, 2.75) is 32.6 Å². The summed E-state index contributed by atoms with van der Waals surface area (Å²) in [4.78, 5) is 0. The van der Waals surface area contributed by atoms with Crippen LogP contribution in [0.2, 0.25) is 0 Å². The van der Waals surface area contributed by atoms with Crippen molar-refractivity contribution in [2.24, 2.45) is 5.73 Å². The maximum absolute atomic E-state index is 6.08. The minimum absolute atomic E-state index is 0.00538. The van der Waals surface area contributed by atoms with Crippen LogP contribution in [0.1, 0.15) is 19.4 Å². The number of para-hydroxylation sites is 1. The van der Waals surface area contributed by atoms with E-state index in [1.165, 1.54) is 5.56 Å². The van der Waals surface area contributed by atoms with Gasteiger partial charge in [-0.1, -0.05) is 48.5 Å². The molecule has 2 unspecified atom stereocenters. The van der Waals surface area contributed by atoms with E-state index in [4.69, 9.17) is 19.7 Å². The molecule has 0 aromatic heterocycles. The Kier molecular flexibility index (Phi) is 9.61. The highest BCUT2D eigenvalue weighted by Crippen LogP contribution is 2.35. The molecule has 0 aliphatic carbocycles. The van der Waals surface area contributed by atoms with Crippen molar-refractivity contribution in [1.82, 2.24) is 5.09 Å². The molecular weight excluding hydrogens is 347 g/mol. The Hall–Kier alpha value is -1.49. The molecule has 0 radical (unpaired) electrons. The Bertz CT molecular complexity index is 601. The Labute approximate surface area is 157 Å². The van der Waals surface area contributed by atoms with Crippen LogP contribution in [-0.4, -0.2) is 31.6 Å². The van der Waals surface area contributed by atoms with Gasteiger partial charge in [0.1, 0.15) is 12.1 Å². The second-order valence-electron chi connectivity index (χ2n) is 6.16. The van der Waals surface area contributed by atoms with Gasteiger partial charge < -0.3 is 19.7 Å². The molecule has 0 fully saturated rings. The van der Waals surface area contributed by atoms with E-state index in [1.54, 1.807) is 0 Å². The first kappa shape index (κ1) is 20.8. The highest BCUT2D eigenvalue weighted by atomic mass is 31.2. The molecular formula is C20H29N2O3P.